The van der Waals surface area contributed by atoms with Gasteiger partial charge in [0.15, 0.2) is 6.61 Å². The summed E-state index contributed by atoms with van der Waals surface area (Å²) in [6, 6.07) is 6.59. The third kappa shape index (κ3) is 4.46. The van der Waals surface area contributed by atoms with Crippen molar-refractivity contribution in [3.05, 3.63) is 29.8 Å². The first-order chi connectivity index (χ1) is 10.1. The number of aliphatic carboxylic acids is 1. The molecule has 0 radical (unpaired) electrons. The minimum absolute atomic E-state index is 0.0166. The van der Waals surface area contributed by atoms with Crippen LogP contribution in [0.3, 0.4) is 0 Å². The van der Waals surface area contributed by atoms with E-state index in [1.165, 1.54) is 0 Å². The summed E-state index contributed by atoms with van der Waals surface area (Å²) in [5, 5.41) is 8.60. The zero-order chi connectivity index (χ0) is 15.2. The smallest absolute Gasteiger partial charge is 0.341 e. The highest BCUT2D eigenvalue weighted by molar-refractivity contribution is 5.94. The van der Waals surface area contributed by atoms with Crippen LogP contribution in [0.5, 0.6) is 5.75 Å². The standard InChI is InChI=1S/C15H19NO5/c1-11-9-16(6-3-7-20-11)15(19)12-4-2-5-13(8-12)21-10-14(17)18/h2,4-5,8,11H,3,6-7,9-10H2,1H3,(H,17,18). The van der Waals surface area contributed by atoms with Crippen molar-refractivity contribution in [3.63, 3.8) is 0 Å². The van der Waals surface area contributed by atoms with Crippen LogP contribution in [0.15, 0.2) is 24.3 Å². The van der Waals surface area contributed by atoms with Crippen molar-refractivity contribution in [2.75, 3.05) is 26.3 Å². The number of carbonyl (C=O) groups is 2. The summed E-state index contributed by atoms with van der Waals surface area (Å²) < 4.78 is 10.6. The Kier molecular flexibility index (Phi) is 5.16. The molecule has 1 fully saturated rings. The number of ether oxygens (including phenoxy) is 2. The fourth-order valence-corrected chi connectivity index (χ4v) is 2.23. The first kappa shape index (κ1) is 15.3. The summed E-state index contributed by atoms with van der Waals surface area (Å²) in [4.78, 5) is 24.7. The molecule has 0 aliphatic carbocycles. The van der Waals surface area contributed by atoms with E-state index in [1.807, 2.05) is 6.92 Å². The Hall–Kier alpha value is -2.08. The summed E-state index contributed by atoms with van der Waals surface area (Å²) >= 11 is 0. The summed E-state index contributed by atoms with van der Waals surface area (Å²) in [7, 11) is 0. The molecule has 1 aromatic rings. The Balaban J connectivity index is 2.07. The maximum Gasteiger partial charge on any atom is 0.341 e. The fraction of sp³-hybridized carbons (Fsp3) is 0.467. The maximum atomic E-state index is 12.5. The third-order valence-corrected chi connectivity index (χ3v) is 3.18. The van der Waals surface area contributed by atoms with E-state index in [-0.39, 0.29) is 12.0 Å². The molecule has 1 aliphatic rings. The molecule has 0 aromatic heterocycles. The summed E-state index contributed by atoms with van der Waals surface area (Å²) in [6.07, 6.45) is 0.827. The maximum absolute atomic E-state index is 12.5. The highest BCUT2D eigenvalue weighted by Crippen LogP contribution is 2.16. The SMILES string of the molecule is CC1CN(C(=O)c2cccc(OCC(=O)O)c2)CCCO1. The molecule has 1 unspecified atom stereocenters. The van der Waals surface area contributed by atoms with Crippen LogP contribution < -0.4 is 4.74 Å². The molecule has 1 N–H and O–H groups in total. The number of hydrogen-bond acceptors (Lipinski definition) is 4. The molecule has 0 spiro atoms. The highest BCUT2D eigenvalue weighted by Gasteiger charge is 2.21. The molecule has 1 aromatic carbocycles. The molecule has 6 nitrogen and oxygen atoms in total. The number of benzene rings is 1. The van der Waals surface area contributed by atoms with Crippen LogP contribution in [-0.2, 0) is 9.53 Å². The van der Waals surface area contributed by atoms with Gasteiger partial charge in [-0.1, -0.05) is 6.07 Å². The number of carbonyl (C=O) groups excluding carboxylic acids is 1. The van der Waals surface area contributed by atoms with E-state index in [2.05, 4.69) is 0 Å². The van der Waals surface area contributed by atoms with E-state index in [1.54, 1.807) is 29.2 Å². The van der Waals surface area contributed by atoms with Gasteiger partial charge in [-0.05, 0) is 31.5 Å². The van der Waals surface area contributed by atoms with Crippen LogP contribution in [0, 0.1) is 0 Å². The van der Waals surface area contributed by atoms with Gasteiger partial charge in [-0.2, -0.15) is 0 Å². The number of amides is 1. The zero-order valence-electron chi connectivity index (χ0n) is 11.9. The molecular formula is C15H19NO5. The van der Waals surface area contributed by atoms with Crippen LogP contribution >= 0.6 is 0 Å². The van der Waals surface area contributed by atoms with Gasteiger partial charge in [-0.15, -0.1) is 0 Å². The number of nitrogens with zero attached hydrogens (tertiary/aromatic N) is 1. The van der Waals surface area contributed by atoms with Gasteiger partial charge >= 0.3 is 5.97 Å². The van der Waals surface area contributed by atoms with Gasteiger partial charge in [0.1, 0.15) is 5.75 Å². The molecule has 114 valence electrons. The number of carboxylic acids is 1. The molecule has 0 saturated carbocycles. The predicted molar refractivity (Wildman–Crippen MR) is 75.5 cm³/mol. The molecule has 21 heavy (non-hydrogen) atoms. The van der Waals surface area contributed by atoms with E-state index < -0.39 is 12.6 Å². The normalized spacial score (nSPS) is 18.9. The van der Waals surface area contributed by atoms with Crippen molar-refractivity contribution in [2.24, 2.45) is 0 Å². The molecule has 6 heteroatoms. The second-order valence-electron chi connectivity index (χ2n) is 5.00. The molecular weight excluding hydrogens is 274 g/mol. The van der Waals surface area contributed by atoms with Crippen molar-refractivity contribution in [2.45, 2.75) is 19.4 Å². The predicted octanol–water partition coefficient (Wildman–Crippen LogP) is 1.40. The van der Waals surface area contributed by atoms with E-state index in [9.17, 15) is 9.59 Å². The number of rotatable bonds is 4. The Labute approximate surface area is 123 Å². The van der Waals surface area contributed by atoms with Crippen molar-refractivity contribution in [1.29, 1.82) is 0 Å². The van der Waals surface area contributed by atoms with E-state index in [0.29, 0.717) is 31.0 Å². The lowest BCUT2D eigenvalue weighted by Gasteiger charge is -2.22. The molecule has 1 saturated heterocycles. The van der Waals surface area contributed by atoms with Crippen molar-refractivity contribution in [3.8, 4) is 5.75 Å². The first-order valence-electron chi connectivity index (χ1n) is 6.92. The van der Waals surface area contributed by atoms with Gasteiger partial charge in [-0.3, -0.25) is 4.79 Å². The Morgan fingerprint density at radius 1 is 1.48 bits per heavy atom. The van der Waals surface area contributed by atoms with Crippen molar-refractivity contribution in [1.82, 2.24) is 4.90 Å². The van der Waals surface area contributed by atoms with Crippen molar-refractivity contribution < 1.29 is 24.2 Å². The lowest BCUT2D eigenvalue weighted by molar-refractivity contribution is -0.139. The van der Waals surface area contributed by atoms with Gasteiger partial charge in [0.25, 0.3) is 5.91 Å². The minimum atomic E-state index is -1.05. The number of hydrogen-bond donors (Lipinski definition) is 1. The van der Waals surface area contributed by atoms with Crippen LogP contribution in [0.4, 0.5) is 0 Å². The van der Waals surface area contributed by atoms with Crippen LogP contribution in [0.1, 0.15) is 23.7 Å². The molecule has 0 bridgehead atoms. The summed E-state index contributed by atoms with van der Waals surface area (Å²) in [5.41, 5.74) is 0.493. The summed E-state index contributed by atoms with van der Waals surface area (Å²) in [6.45, 7) is 3.39. The Morgan fingerprint density at radius 3 is 3.05 bits per heavy atom. The van der Waals surface area contributed by atoms with Gasteiger partial charge in [0.05, 0.1) is 6.10 Å². The topological polar surface area (TPSA) is 76.1 Å². The number of carboxylic acid groups (broad SMARTS) is 1. The lowest BCUT2D eigenvalue weighted by Crippen LogP contribution is -2.35. The molecule has 1 amide bonds. The Bertz CT molecular complexity index is 517. The van der Waals surface area contributed by atoms with Crippen molar-refractivity contribution >= 4 is 11.9 Å². The van der Waals surface area contributed by atoms with Gasteiger partial charge in [0.2, 0.25) is 0 Å². The highest BCUT2D eigenvalue weighted by atomic mass is 16.5. The van der Waals surface area contributed by atoms with E-state index in [0.717, 1.165) is 6.42 Å². The van der Waals surface area contributed by atoms with Gasteiger partial charge in [-0.25, -0.2) is 4.79 Å². The molecule has 1 heterocycles. The summed E-state index contributed by atoms with van der Waals surface area (Å²) in [5.74, 6) is -0.763. The molecule has 1 aliphatic heterocycles. The van der Waals surface area contributed by atoms with Crippen LogP contribution in [0.2, 0.25) is 0 Å². The second-order valence-corrected chi connectivity index (χ2v) is 5.00. The van der Waals surface area contributed by atoms with E-state index >= 15 is 0 Å². The van der Waals surface area contributed by atoms with Gasteiger partial charge in [0, 0.05) is 25.3 Å². The third-order valence-electron chi connectivity index (χ3n) is 3.18. The van der Waals surface area contributed by atoms with E-state index in [4.69, 9.17) is 14.6 Å². The Morgan fingerprint density at radius 2 is 2.29 bits per heavy atom. The molecule has 2 rings (SSSR count). The fourth-order valence-electron chi connectivity index (χ4n) is 2.23. The lowest BCUT2D eigenvalue weighted by atomic mass is 10.1. The quantitative estimate of drug-likeness (QED) is 0.908. The largest absolute Gasteiger partial charge is 0.482 e. The monoisotopic (exact) mass is 293 g/mol. The van der Waals surface area contributed by atoms with Crippen LogP contribution in [0.25, 0.3) is 0 Å². The zero-order valence-corrected chi connectivity index (χ0v) is 11.9. The first-order valence-corrected chi connectivity index (χ1v) is 6.92. The average molecular weight is 293 g/mol. The average Bonchev–Trinajstić information content (AvgIpc) is 2.69. The van der Waals surface area contributed by atoms with Gasteiger partial charge < -0.3 is 19.5 Å². The molecule has 1 atom stereocenters. The second kappa shape index (κ2) is 7.08. The van der Waals surface area contributed by atoms with Crippen LogP contribution in [-0.4, -0.2) is 54.3 Å². The minimum Gasteiger partial charge on any atom is -0.482 e.